The number of hydrogen-bond acceptors (Lipinski definition) is 5. The Kier molecular flexibility index (Phi) is 6.76. The van der Waals surface area contributed by atoms with Gasteiger partial charge in [-0.2, -0.15) is 0 Å². The Bertz CT molecular complexity index is 1290. The van der Waals surface area contributed by atoms with Crippen molar-refractivity contribution in [2.75, 3.05) is 12.4 Å². The van der Waals surface area contributed by atoms with Gasteiger partial charge in [0.15, 0.2) is 31.2 Å². The molecule has 2 aliphatic rings. The molecule has 0 saturated heterocycles. The van der Waals surface area contributed by atoms with Crippen molar-refractivity contribution in [3.05, 3.63) is 58.6 Å². The minimum absolute atomic E-state index is 0.0473. The van der Waals surface area contributed by atoms with E-state index >= 15 is 4.39 Å². The Morgan fingerprint density at radius 3 is 2.35 bits per heavy atom. The minimum atomic E-state index is -4.25. The van der Waals surface area contributed by atoms with Crippen molar-refractivity contribution in [1.29, 1.82) is 0 Å². The third kappa shape index (κ3) is 4.03. The Labute approximate surface area is 204 Å². The zero-order valence-electron chi connectivity index (χ0n) is 18.9. The molecule has 1 aliphatic heterocycles. The summed E-state index contributed by atoms with van der Waals surface area (Å²) < 4.78 is 87.4. The molecule has 186 valence electrons. The summed E-state index contributed by atoms with van der Waals surface area (Å²) in [5.74, 6) is -3.28. The zero-order chi connectivity index (χ0) is 24.9. The molecule has 0 amide bonds. The molecule has 0 aromatic heterocycles. The van der Waals surface area contributed by atoms with Gasteiger partial charge in [0.2, 0.25) is 0 Å². The van der Waals surface area contributed by atoms with Gasteiger partial charge in [0.05, 0.1) is 28.1 Å². The fraction of sp³-hybridized carbons (Fsp3) is 0.500. The lowest BCUT2D eigenvalue weighted by atomic mass is 9.66. The first-order chi connectivity index (χ1) is 15.9. The first kappa shape index (κ1) is 25.4. The van der Waals surface area contributed by atoms with Gasteiger partial charge in [0.1, 0.15) is 10.6 Å². The highest BCUT2D eigenvalue weighted by Gasteiger charge is 2.60. The normalized spacial score (nSPS) is 24.9. The van der Waals surface area contributed by atoms with Crippen LogP contribution >= 0.6 is 11.6 Å². The van der Waals surface area contributed by atoms with Gasteiger partial charge in [0, 0.05) is 10.9 Å². The van der Waals surface area contributed by atoms with Crippen LogP contribution in [0.2, 0.25) is 5.02 Å². The van der Waals surface area contributed by atoms with E-state index in [1.807, 2.05) is 0 Å². The fourth-order valence-electron chi connectivity index (χ4n) is 5.41. The van der Waals surface area contributed by atoms with E-state index in [0.29, 0.717) is 17.9 Å². The molecule has 0 radical (unpaired) electrons. The molecule has 1 aliphatic carbocycles. The second kappa shape index (κ2) is 9.06. The van der Waals surface area contributed by atoms with Crippen LogP contribution in [-0.2, 0) is 24.4 Å². The molecule has 2 aromatic rings. The summed E-state index contributed by atoms with van der Waals surface area (Å²) in [4.78, 5) is -0.0473. The van der Waals surface area contributed by atoms with Crippen molar-refractivity contribution < 1.29 is 30.4 Å². The van der Waals surface area contributed by atoms with E-state index in [0.717, 1.165) is 12.1 Å². The van der Waals surface area contributed by atoms with E-state index in [-0.39, 0.29) is 47.3 Å². The summed E-state index contributed by atoms with van der Waals surface area (Å²) in [6.45, 7) is 3.06. The number of sulfone groups is 2. The quantitative estimate of drug-likeness (QED) is 0.504. The molecule has 0 unspecified atom stereocenters. The van der Waals surface area contributed by atoms with Crippen LogP contribution in [0.25, 0.3) is 0 Å². The number of hydrogen-bond donors (Lipinski definition) is 0. The smallest absolute Gasteiger partial charge is 0.188 e. The summed E-state index contributed by atoms with van der Waals surface area (Å²) in [6, 6.07) is 7.46. The number of rotatable bonds is 6. The minimum Gasteiger partial charge on any atom is -0.490 e. The summed E-state index contributed by atoms with van der Waals surface area (Å²) in [7, 11) is -7.61. The van der Waals surface area contributed by atoms with Crippen molar-refractivity contribution >= 4 is 31.3 Å². The van der Waals surface area contributed by atoms with Crippen molar-refractivity contribution in [3.63, 3.8) is 0 Å². The maximum atomic E-state index is 15.4. The SMILES string of the molecule is CC(C)S(=O)(=O)CC[C@@H]1CCC[C@@]2(S(=O)(=O)c3ccc(Cl)cc3)c3c(F)ccc(F)c3OC[C@@H]12. The van der Waals surface area contributed by atoms with Crippen molar-refractivity contribution in [2.24, 2.45) is 11.8 Å². The molecule has 2 aromatic carbocycles. The largest absolute Gasteiger partial charge is 0.490 e. The molecular formula is C24H27ClF2O5S2. The van der Waals surface area contributed by atoms with Crippen LogP contribution in [-0.4, -0.2) is 34.4 Å². The van der Waals surface area contributed by atoms with Gasteiger partial charge in [-0.3, -0.25) is 0 Å². The molecule has 10 heteroatoms. The van der Waals surface area contributed by atoms with Gasteiger partial charge in [-0.25, -0.2) is 25.6 Å². The summed E-state index contributed by atoms with van der Waals surface area (Å²) in [5, 5.41) is -0.216. The summed E-state index contributed by atoms with van der Waals surface area (Å²) in [6.07, 6.45) is 1.29. The molecule has 1 fully saturated rings. The van der Waals surface area contributed by atoms with E-state index in [1.54, 1.807) is 13.8 Å². The van der Waals surface area contributed by atoms with Crippen molar-refractivity contribution in [1.82, 2.24) is 0 Å². The molecule has 5 nitrogen and oxygen atoms in total. The highest BCUT2D eigenvalue weighted by Crippen LogP contribution is 2.58. The molecular weight excluding hydrogens is 506 g/mol. The number of fused-ring (bicyclic) bond motifs is 3. The lowest BCUT2D eigenvalue weighted by Gasteiger charge is -2.50. The van der Waals surface area contributed by atoms with E-state index < -0.39 is 47.2 Å². The maximum Gasteiger partial charge on any atom is 0.188 e. The van der Waals surface area contributed by atoms with Crippen LogP contribution in [0.5, 0.6) is 5.75 Å². The standard InChI is InChI=1S/C24H27ClF2O5S2/c1-15(2)33(28,29)13-11-16-4-3-12-24(34(30,31)18-7-5-17(25)6-8-18)19(16)14-32-23-21(27)10-9-20(26)22(23)24/h5-10,15-16,19H,3-4,11-14H2,1-2H3/t16-,19-,24-/m0/s1. The molecule has 34 heavy (non-hydrogen) atoms. The molecule has 4 rings (SSSR count). The number of benzene rings is 2. The van der Waals surface area contributed by atoms with Crippen LogP contribution in [0.15, 0.2) is 41.3 Å². The number of ether oxygens (including phenoxy) is 1. The Hall–Kier alpha value is -1.71. The Morgan fingerprint density at radius 1 is 1.06 bits per heavy atom. The fourth-order valence-corrected chi connectivity index (χ4v) is 9.08. The average molecular weight is 533 g/mol. The van der Waals surface area contributed by atoms with E-state index in [1.165, 1.54) is 24.3 Å². The van der Waals surface area contributed by atoms with Crippen molar-refractivity contribution in [3.8, 4) is 5.75 Å². The second-order valence-electron chi connectivity index (χ2n) is 9.35. The Morgan fingerprint density at radius 2 is 1.71 bits per heavy atom. The lowest BCUT2D eigenvalue weighted by molar-refractivity contribution is 0.0735. The zero-order valence-corrected chi connectivity index (χ0v) is 21.3. The van der Waals surface area contributed by atoms with E-state index in [2.05, 4.69) is 0 Å². The molecule has 1 saturated carbocycles. The first-order valence-electron chi connectivity index (χ1n) is 11.2. The van der Waals surface area contributed by atoms with E-state index in [9.17, 15) is 21.2 Å². The first-order valence-corrected chi connectivity index (χ1v) is 14.8. The van der Waals surface area contributed by atoms with Gasteiger partial charge in [0.25, 0.3) is 0 Å². The second-order valence-corrected chi connectivity index (χ2v) is 14.7. The summed E-state index contributed by atoms with van der Waals surface area (Å²) in [5.41, 5.74) is -0.296. The summed E-state index contributed by atoms with van der Waals surface area (Å²) >= 11 is 5.96. The monoisotopic (exact) mass is 532 g/mol. The predicted molar refractivity (Wildman–Crippen MR) is 127 cm³/mol. The maximum absolute atomic E-state index is 15.4. The van der Waals surface area contributed by atoms with Gasteiger partial charge < -0.3 is 4.74 Å². The van der Waals surface area contributed by atoms with Crippen LogP contribution in [0, 0.1) is 23.5 Å². The van der Waals surface area contributed by atoms with Crippen LogP contribution in [0.3, 0.4) is 0 Å². The van der Waals surface area contributed by atoms with Gasteiger partial charge in [-0.05, 0) is 75.4 Å². The highest BCUT2D eigenvalue weighted by molar-refractivity contribution is 7.92. The van der Waals surface area contributed by atoms with Crippen LogP contribution in [0.4, 0.5) is 8.78 Å². The van der Waals surface area contributed by atoms with Gasteiger partial charge >= 0.3 is 0 Å². The topological polar surface area (TPSA) is 77.5 Å². The van der Waals surface area contributed by atoms with Crippen LogP contribution < -0.4 is 4.74 Å². The molecule has 1 heterocycles. The highest BCUT2D eigenvalue weighted by atomic mass is 35.5. The van der Waals surface area contributed by atoms with Gasteiger partial charge in [-0.15, -0.1) is 0 Å². The third-order valence-electron chi connectivity index (χ3n) is 7.28. The number of halogens is 3. The Balaban J connectivity index is 1.90. The predicted octanol–water partition coefficient (Wildman–Crippen LogP) is 5.31. The molecule has 0 spiro atoms. The average Bonchev–Trinajstić information content (AvgIpc) is 2.79. The van der Waals surface area contributed by atoms with Crippen molar-refractivity contribution in [2.45, 2.75) is 54.4 Å². The lowest BCUT2D eigenvalue weighted by Crippen LogP contribution is -2.54. The van der Waals surface area contributed by atoms with E-state index in [4.69, 9.17) is 16.3 Å². The third-order valence-corrected chi connectivity index (χ3v) is 12.3. The molecule has 0 bridgehead atoms. The van der Waals surface area contributed by atoms with Gasteiger partial charge in [-0.1, -0.05) is 18.0 Å². The molecule has 3 atom stereocenters. The molecule has 0 N–H and O–H groups in total. The van der Waals surface area contributed by atoms with Crippen LogP contribution in [0.1, 0.15) is 45.1 Å².